The summed E-state index contributed by atoms with van der Waals surface area (Å²) in [5.74, 6) is 0.00576. The van der Waals surface area contributed by atoms with Crippen LogP contribution in [0.2, 0.25) is 0 Å². The Morgan fingerprint density at radius 1 is 1.60 bits per heavy atom. The van der Waals surface area contributed by atoms with Gasteiger partial charge in [0.2, 0.25) is 0 Å². The number of aliphatic hydroxyl groups excluding tert-OH is 2. The first-order chi connectivity index (χ1) is 6.91. The average molecular weight is 211 g/mol. The molecule has 4 nitrogen and oxygen atoms in total. The molecule has 0 radical (unpaired) electrons. The highest BCUT2D eigenvalue weighted by Crippen LogP contribution is 2.21. The zero-order valence-electron chi connectivity index (χ0n) is 8.97. The molecule has 0 amide bonds. The number of carbonyl (C=O) groups excluding carboxylic acids is 1. The van der Waals surface area contributed by atoms with Crippen LogP contribution in [0.4, 0.5) is 0 Å². The summed E-state index contributed by atoms with van der Waals surface area (Å²) in [5.41, 5.74) is 6.58. The first kappa shape index (κ1) is 11.9. The molecule has 3 atom stereocenters. The largest absolute Gasteiger partial charge is 0.400 e. The van der Waals surface area contributed by atoms with Gasteiger partial charge in [-0.3, -0.25) is 4.79 Å². The van der Waals surface area contributed by atoms with Gasteiger partial charge in [0.25, 0.3) is 0 Å². The van der Waals surface area contributed by atoms with E-state index >= 15 is 0 Å². The first-order valence-corrected chi connectivity index (χ1v) is 4.96. The number of allylic oxidation sites excluding steroid dienone is 2. The molecule has 0 saturated carbocycles. The first-order valence-electron chi connectivity index (χ1n) is 4.96. The number of nitrogens with two attached hydrogens (primary N) is 1. The fourth-order valence-corrected chi connectivity index (χ4v) is 1.48. The van der Waals surface area contributed by atoms with Crippen molar-refractivity contribution in [2.45, 2.75) is 32.5 Å². The number of rotatable bonds is 3. The topological polar surface area (TPSA) is 83.5 Å². The molecule has 0 aromatic carbocycles. The molecule has 4 heteroatoms. The summed E-state index contributed by atoms with van der Waals surface area (Å²) in [6, 6.07) is 0. The summed E-state index contributed by atoms with van der Waals surface area (Å²) in [5, 5.41) is 18.8. The average Bonchev–Trinajstić information content (AvgIpc) is 2.13. The van der Waals surface area contributed by atoms with Crippen LogP contribution in [0, 0.1) is 5.92 Å². The molecule has 0 spiro atoms. The lowest BCUT2D eigenvalue weighted by atomic mass is 9.91. The molecule has 84 valence electrons. The Morgan fingerprint density at radius 3 is 2.67 bits per heavy atom. The van der Waals surface area contributed by atoms with Crippen LogP contribution in [-0.4, -0.2) is 28.2 Å². The van der Waals surface area contributed by atoms with Crippen LogP contribution < -0.4 is 5.73 Å². The van der Waals surface area contributed by atoms with Crippen molar-refractivity contribution < 1.29 is 15.0 Å². The molecular formula is C11H17NO3. The third-order valence-electron chi connectivity index (χ3n) is 2.64. The maximum absolute atomic E-state index is 11.1. The Labute approximate surface area is 89.1 Å². The van der Waals surface area contributed by atoms with Gasteiger partial charge in [-0.05, 0) is 31.1 Å². The summed E-state index contributed by atoms with van der Waals surface area (Å²) >= 11 is 0. The van der Waals surface area contributed by atoms with E-state index in [2.05, 4.69) is 0 Å². The lowest BCUT2D eigenvalue weighted by molar-refractivity contribution is -0.120. The van der Waals surface area contributed by atoms with Gasteiger partial charge < -0.3 is 15.9 Å². The summed E-state index contributed by atoms with van der Waals surface area (Å²) < 4.78 is 0. The zero-order valence-corrected chi connectivity index (χ0v) is 8.97. The molecule has 1 rings (SSSR count). The second-order valence-electron chi connectivity index (χ2n) is 4.04. The number of carbonyl (C=O) groups is 1. The van der Waals surface area contributed by atoms with Crippen molar-refractivity contribution in [1.29, 1.82) is 0 Å². The van der Waals surface area contributed by atoms with E-state index < -0.39 is 12.2 Å². The minimum absolute atomic E-state index is 0.0947. The molecule has 0 aliphatic heterocycles. The van der Waals surface area contributed by atoms with Crippen LogP contribution in [-0.2, 0) is 4.79 Å². The van der Waals surface area contributed by atoms with E-state index in [9.17, 15) is 15.0 Å². The van der Waals surface area contributed by atoms with Crippen molar-refractivity contribution in [3.63, 3.8) is 0 Å². The third kappa shape index (κ3) is 2.91. The van der Waals surface area contributed by atoms with E-state index in [-0.39, 0.29) is 17.4 Å². The van der Waals surface area contributed by atoms with Crippen molar-refractivity contribution in [3.05, 3.63) is 23.4 Å². The van der Waals surface area contributed by atoms with Crippen LogP contribution in [0.5, 0.6) is 0 Å². The second-order valence-corrected chi connectivity index (χ2v) is 4.04. The number of aliphatic hydroxyl groups is 2. The Balaban J connectivity index is 2.72. The molecule has 4 N–H and O–H groups in total. The van der Waals surface area contributed by atoms with Gasteiger partial charge in [0.15, 0.2) is 0 Å². The third-order valence-corrected chi connectivity index (χ3v) is 2.64. The smallest absolute Gasteiger partial charge is 0.132 e. The van der Waals surface area contributed by atoms with Crippen molar-refractivity contribution in [3.8, 4) is 0 Å². The van der Waals surface area contributed by atoms with E-state index in [1.54, 1.807) is 12.2 Å². The van der Waals surface area contributed by atoms with Crippen LogP contribution in [0.1, 0.15) is 20.3 Å². The highest BCUT2D eigenvalue weighted by atomic mass is 16.3. The Bertz CT molecular complexity index is 320. The number of hydrogen-bond acceptors (Lipinski definition) is 4. The van der Waals surface area contributed by atoms with Crippen molar-refractivity contribution in [1.82, 2.24) is 0 Å². The van der Waals surface area contributed by atoms with Gasteiger partial charge in [-0.2, -0.15) is 0 Å². The maximum Gasteiger partial charge on any atom is 0.132 e. The summed E-state index contributed by atoms with van der Waals surface area (Å²) in [7, 11) is 0. The van der Waals surface area contributed by atoms with Crippen molar-refractivity contribution in [2.24, 2.45) is 11.7 Å². The van der Waals surface area contributed by atoms with Crippen LogP contribution >= 0.6 is 0 Å². The van der Waals surface area contributed by atoms with E-state index in [4.69, 9.17) is 5.73 Å². The molecule has 0 heterocycles. The molecule has 0 aromatic heterocycles. The zero-order chi connectivity index (χ0) is 11.6. The van der Waals surface area contributed by atoms with Crippen LogP contribution in [0.3, 0.4) is 0 Å². The van der Waals surface area contributed by atoms with Crippen LogP contribution in [0.25, 0.3) is 0 Å². The SMILES string of the molecule is CC(=O)C(C)CC1=CC(O)C(O)C(N)=C1. The van der Waals surface area contributed by atoms with Gasteiger partial charge in [0.1, 0.15) is 18.0 Å². The van der Waals surface area contributed by atoms with Crippen molar-refractivity contribution in [2.75, 3.05) is 0 Å². The molecule has 1 aliphatic carbocycles. The molecular weight excluding hydrogens is 194 g/mol. The maximum atomic E-state index is 11.1. The summed E-state index contributed by atoms with van der Waals surface area (Å²) in [6.45, 7) is 3.36. The number of hydrogen-bond donors (Lipinski definition) is 3. The van der Waals surface area contributed by atoms with Crippen LogP contribution in [0.15, 0.2) is 23.4 Å². The molecule has 0 fully saturated rings. The van der Waals surface area contributed by atoms with Gasteiger partial charge >= 0.3 is 0 Å². The van der Waals surface area contributed by atoms with Gasteiger partial charge in [-0.25, -0.2) is 0 Å². The van der Waals surface area contributed by atoms with E-state index in [0.29, 0.717) is 6.42 Å². The van der Waals surface area contributed by atoms with Gasteiger partial charge in [-0.15, -0.1) is 0 Å². The standard InChI is InChI=1S/C11H17NO3/c1-6(7(2)13)3-8-4-9(12)11(15)10(14)5-8/h4-6,10-11,14-15H,3,12H2,1-2H3. The predicted octanol–water partition coefficient (Wildman–Crippen LogP) is 0.106. The fourth-order valence-electron chi connectivity index (χ4n) is 1.48. The summed E-state index contributed by atoms with van der Waals surface area (Å²) in [6.07, 6.45) is 1.71. The van der Waals surface area contributed by atoms with E-state index in [0.717, 1.165) is 5.57 Å². The molecule has 0 saturated heterocycles. The van der Waals surface area contributed by atoms with Gasteiger partial charge in [0.05, 0.1) is 0 Å². The molecule has 3 unspecified atom stereocenters. The quantitative estimate of drug-likeness (QED) is 0.618. The van der Waals surface area contributed by atoms with E-state index in [1.165, 1.54) is 6.92 Å². The second kappa shape index (κ2) is 4.59. The normalized spacial score (nSPS) is 28.0. The molecule has 1 aliphatic rings. The fraction of sp³-hybridized carbons (Fsp3) is 0.545. The molecule has 0 bridgehead atoms. The highest BCUT2D eigenvalue weighted by molar-refractivity contribution is 5.78. The predicted molar refractivity (Wildman–Crippen MR) is 56.8 cm³/mol. The molecule has 15 heavy (non-hydrogen) atoms. The Kier molecular flexibility index (Phi) is 3.66. The lowest BCUT2D eigenvalue weighted by Crippen LogP contribution is -2.32. The number of ketones is 1. The van der Waals surface area contributed by atoms with Gasteiger partial charge in [0, 0.05) is 11.6 Å². The highest BCUT2D eigenvalue weighted by Gasteiger charge is 2.22. The Morgan fingerprint density at radius 2 is 2.20 bits per heavy atom. The van der Waals surface area contributed by atoms with Gasteiger partial charge in [-0.1, -0.05) is 6.92 Å². The molecule has 0 aromatic rings. The van der Waals surface area contributed by atoms with E-state index in [1.807, 2.05) is 6.92 Å². The lowest BCUT2D eigenvalue weighted by Gasteiger charge is -2.22. The monoisotopic (exact) mass is 211 g/mol. The summed E-state index contributed by atoms with van der Waals surface area (Å²) in [4.78, 5) is 11.1. The minimum Gasteiger partial charge on any atom is -0.400 e. The Hall–Kier alpha value is -1.13. The number of Topliss-reactive ketones (excluding diaryl/α,β-unsaturated/α-hetero) is 1. The van der Waals surface area contributed by atoms with Crippen molar-refractivity contribution >= 4 is 5.78 Å². The minimum atomic E-state index is -1.03.